The van der Waals surface area contributed by atoms with Crippen LogP contribution in [0.15, 0.2) is 6.07 Å². The summed E-state index contributed by atoms with van der Waals surface area (Å²) in [6, 6.07) is 2.13. The van der Waals surface area contributed by atoms with Crippen LogP contribution in [-0.4, -0.2) is 54.1 Å². The molecule has 3 heterocycles. The topological polar surface area (TPSA) is 49.9 Å². The number of hydrogen-bond acceptors (Lipinski definition) is 4. The quantitative estimate of drug-likeness (QED) is 0.833. The third kappa shape index (κ3) is 2.65. The summed E-state index contributed by atoms with van der Waals surface area (Å²) in [5.74, 6) is 0.205. The van der Waals surface area contributed by atoms with Crippen LogP contribution in [0.5, 0.6) is 0 Å². The van der Waals surface area contributed by atoms with Gasteiger partial charge in [-0.05, 0) is 25.5 Å². The Balaban J connectivity index is 1.60. The fraction of sp³-hybridized carbons (Fsp3) is 0.625. The lowest BCUT2D eigenvalue weighted by molar-refractivity contribution is -0.146. The maximum Gasteiger partial charge on any atom is 0.250 e. The van der Waals surface area contributed by atoms with Crippen molar-refractivity contribution in [3.8, 4) is 0 Å². The number of nitrogens with zero attached hydrogens (tertiary/aromatic N) is 2. The fourth-order valence-corrected chi connectivity index (χ4v) is 4.36. The van der Waals surface area contributed by atoms with Crippen LogP contribution in [-0.2, 0) is 20.7 Å². The Morgan fingerprint density at radius 2 is 2.05 bits per heavy atom. The molecule has 0 aliphatic carbocycles. The van der Waals surface area contributed by atoms with Crippen LogP contribution in [0, 0.1) is 13.8 Å². The second-order valence-corrected chi connectivity index (χ2v) is 7.55. The predicted molar refractivity (Wildman–Crippen MR) is 84.8 cm³/mol. The van der Waals surface area contributed by atoms with Crippen LogP contribution >= 0.6 is 11.3 Å². The van der Waals surface area contributed by atoms with E-state index < -0.39 is 5.72 Å². The summed E-state index contributed by atoms with van der Waals surface area (Å²) < 4.78 is 5.72. The fourth-order valence-electron chi connectivity index (χ4n) is 3.32. The van der Waals surface area contributed by atoms with E-state index in [4.69, 9.17) is 4.74 Å². The van der Waals surface area contributed by atoms with Gasteiger partial charge < -0.3 is 14.5 Å². The number of carbonyl (C=O) groups excluding carboxylic acids is 2. The minimum atomic E-state index is -0.483. The molecular formula is C16H22N2O3S. The highest BCUT2D eigenvalue weighted by Crippen LogP contribution is 2.33. The molecule has 6 heteroatoms. The Kier molecular flexibility index (Phi) is 3.99. The largest absolute Gasteiger partial charge is 0.346 e. The molecule has 120 valence electrons. The van der Waals surface area contributed by atoms with Gasteiger partial charge in [0.2, 0.25) is 5.91 Å². The van der Waals surface area contributed by atoms with Gasteiger partial charge in [-0.1, -0.05) is 0 Å². The molecule has 2 saturated heterocycles. The van der Waals surface area contributed by atoms with E-state index in [-0.39, 0.29) is 18.4 Å². The first-order valence-corrected chi connectivity index (χ1v) is 8.47. The minimum Gasteiger partial charge on any atom is -0.346 e. The van der Waals surface area contributed by atoms with Crippen molar-refractivity contribution in [2.75, 3.05) is 26.7 Å². The lowest BCUT2D eigenvalue weighted by atomic mass is 9.99. The SMILES string of the molecule is Cc1cc(C)c(CC(=O)N2CCC3(CC2)OCC(=O)N3C)s1. The van der Waals surface area contributed by atoms with Gasteiger partial charge in [0.25, 0.3) is 5.91 Å². The van der Waals surface area contributed by atoms with Gasteiger partial charge in [0, 0.05) is 42.7 Å². The Morgan fingerprint density at radius 1 is 1.36 bits per heavy atom. The molecule has 0 bridgehead atoms. The van der Waals surface area contributed by atoms with Crippen molar-refractivity contribution in [3.63, 3.8) is 0 Å². The van der Waals surface area contributed by atoms with Crippen molar-refractivity contribution in [1.82, 2.24) is 9.80 Å². The number of likely N-dealkylation sites (N-methyl/N-ethyl adjacent to an activating group) is 1. The standard InChI is InChI=1S/C16H22N2O3S/c1-11-8-12(2)22-13(11)9-14(19)18-6-4-16(5-7-18)17(3)15(20)10-21-16/h8H,4-7,9-10H2,1-3H3. The molecule has 0 unspecified atom stereocenters. The highest BCUT2D eigenvalue weighted by atomic mass is 32.1. The maximum absolute atomic E-state index is 12.5. The van der Waals surface area contributed by atoms with Gasteiger partial charge in [-0.15, -0.1) is 11.3 Å². The first-order chi connectivity index (χ1) is 10.4. The number of carbonyl (C=O) groups is 2. The average molecular weight is 322 g/mol. The zero-order valence-corrected chi connectivity index (χ0v) is 14.2. The molecule has 22 heavy (non-hydrogen) atoms. The van der Waals surface area contributed by atoms with Crippen molar-refractivity contribution in [1.29, 1.82) is 0 Å². The second kappa shape index (κ2) is 5.66. The van der Waals surface area contributed by atoms with Crippen molar-refractivity contribution in [3.05, 3.63) is 21.4 Å². The molecule has 5 nitrogen and oxygen atoms in total. The molecule has 2 fully saturated rings. The minimum absolute atomic E-state index is 0.0319. The highest BCUT2D eigenvalue weighted by molar-refractivity contribution is 7.12. The van der Waals surface area contributed by atoms with Gasteiger partial charge in [-0.3, -0.25) is 9.59 Å². The van der Waals surface area contributed by atoms with Crippen LogP contribution in [0.3, 0.4) is 0 Å². The molecule has 2 aliphatic heterocycles. The predicted octanol–water partition coefficient (Wildman–Crippen LogP) is 1.71. The number of ether oxygens (including phenoxy) is 1. The summed E-state index contributed by atoms with van der Waals surface area (Å²) in [6.07, 6.45) is 1.87. The van der Waals surface area contributed by atoms with E-state index in [0.29, 0.717) is 32.4 Å². The second-order valence-electron chi connectivity index (χ2n) is 6.21. The highest BCUT2D eigenvalue weighted by Gasteiger charge is 2.46. The molecule has 0 saturated carbocycles. The van der Waals surface area contributed by atoms with Crippen LogP contribution in [0.2, 0.25) is 0 Å². The Labute approximate surface area is 134 Å². The van der Waals surface area contributed by atoms with Gasteiger partial charge in [0.15, 0.2) is 0 Å². The van der Waals surface area contributed by atoms with E-state index in [9.17, 15) is 9.59 Å². The number of aryl methyl sites for hydroxylation is 2. The number of piperidine rings is 1. The van der Waals surface area contributed by atoms with Gasteiger partial charge in [0.05, 0.1) is 6.42 Å². The van der Waals surface area contributed by atoms with Gasteiger partial charge in [0.1, 0.15) is 12.3 Å². The summed E-state index contributed by atoms with van der Waals surface area (Å²) in [7, 11) is 1.80. The third-order valence-corrected chi connectivity index (χ3v) is 5.96. The van der Waals surface area contributed by atoms with Crippen molar-refractivity contribution < 1.29 is 14.3 Å². The molecule has 2 amide bonds. The first-order valence-electron chi connectivity index (χ1n) is 7.65. The number of thiophene rings is 1. The average Bonchev–Trinajstić information content (AvgIpc) is 2.94. The molecule has 1 aromatic rings. The monoisotopic (exact) mass is 322 g/mol. The summed E-state index contributed by atoms with van der Waals surface area (Å²) in [5, 5.41) is 0. The zero-order chi connectivity index (χ0) is 15.9. The Bertz CT molecular complexity index is 603. The van der Waals surface area contributed by atoms with Crippen molar-refractivity contribution in [2.45, 2.75) is 38.8 Å². The zero-order valence-electron chi connectivity index (χ0n) is 13.3. The number of rotatable bonds is 2. The molecule has 2 aliphatic rings. The molecular weight excluding hydrogens is 300 g/mol. The summed E-state index contributed by atoms with van der Waals surface area (Å²) in [5.41, 5.74) is 0.720. The van der Waals surface area contributed by atoms with E-state index in [1.54, 1.807) is 23.3 Å². The number of amides is 2. The lowest BCUT2D eigenvalue weighted by Crippen LogP contribution is -2.53. The van der Waals surface area contributed by atoms with Crippen LogP contribution < -0.4 is 0 Å². The first kappa shape index (κ1) is 15.5. The van der Waals surface area contributed by atoms with Crippen LogP contribution in [0.4, 0.5) is 0 Å². The van der Waals surface area contributed by atoms with Crippen molar-refractivity contribution in [2.24, 2.45) is 0 Å². The van der Waals surface area contributed by atoms with E-state index in [1.807, 2.05) is 4.90 Å². The summed E-state index contributed by atoms with van der Waals surface area (Å²) >= 11 is 1.70. The molecule has 3 rings (SSSR count). The smallest absolute Gasteiger partial charge is 0.250 e. The number of likely N-dealkylation sites (tertiary alicyclic amines) is 1. The summed E-state index contributed by atoms with van der Waals surface area (Å²) in [4.78, 5) is 30.2. The molecule has 0 N–H and O–H groups in total. The molecule has 1 aromatic heterocycles. The lowest BCUT2D eigenvalue weighted by Gasteiger charge is -2.42. The van der Waals surface area contributed by atoms with E-state index >= 15 is 0 Å². The third-order valence-electron chi connectivity index (χ3n) is 4.80. The van der Waals surface area contributed by atoms with Gasteiger partial charge in [-0.25, -0.2) is 0 Å². The van der Waals surface area contributed by atoms with E-state index in [1.165, 1.54) is 10.4 Å². The van der Waals surface area contributed by atoms with Crippen molar-refractivity contribution >= 4 is 23.2 Å². The molecule has 0 atom stereocenters. The summed E-state index contributed by atoms with van der Waals surface area (Å²) in [6.45, 7) is 5.60. The van der Waals surface area contributed by atoms with Gasteiger partial charge in [-0.2, -0.15) is 0 Å². The van der Waals surface area contributed by atoms with Gasteiger partial charge >= 0.3 is 0 Å². The Morgan fingerprint density at radius 3 is 2.55 bits per heavy atom. The maximum atomic E-state index is 12.5. The van der Waals surface area contributed by atoms with E-state index in [0.717, 1.165) is 4.88 Å². The number of hydrogen-bond donors (Lipinski definition) is 0. The molecule has 0 radical (unpaired) electrons. The molecule has 1 spiro atoms. The van der Waals surface area contributed by atoms with Crippen LogP contribution in [0.25, 0.3) is 0 Å². The van der Waals surface area contributed by atoms with E-state index in [2.05, 4.69) is 19.9 Å². The normalized spacial score (nSPS) is 21.0. The van der Waals surface area contributed by atoms with Crippen LogP contribution in [0.1, 0.15) is 28.2 Å². The Hall–Kier alpha value is -1.40. The molecule has 0 aromatic carbocycles.